The molecule has 0 heterocycles. The number of halogens is 2. The van der Waals surface area contributed by atoms with E-state index in [1.807, 2.05) is 18.2 Å². The van der Waals surface area contributed by atoms with Crippen molar-refractivity contribution in [1.29, 1.82) is 0 Å². The summed E-state index contributed by atoms with van der Waals surface area (Å²) in [7, 11) is 1.71. The lowest BCUT2D eigenvalue weighted by atomic mass is 10.3. The summed E-state index contributed by atoms with van der Waals surface area (Å²) in [5, 5.41) is 3.31. The number of rotatable bonds is 9. The zero-order valence-corrected chi connectivity index (χ0v) is 13.7. The van der Waals surface area contributed by atoms with Gasteiger partial charge in [0.05, 0.1) is 22.2 Å². The first-order valence-corrected chi connectivity index (χ1v) is 7.60. The SMILES string of the molecule is COCCNCCCCOc1c(Br)cccc1Br. The standard InChI is InChI=1S/C13H19Br2NO2/c1-17-10-8-16-7-2-3-9-18-13-11(14)5-4-6-12(13)15/h4-6,16H,2-3,7-10H2,1H3. The first kappa shape index (κ1) is 16.0. The fraction of sp³-hybridized carbons (Fsp3) is 0.538. The van der Waals surface area contributed by atoms with Crippen LogP contribution in [0.4, 0.5) is 0 Å². The molecule has 1 aromatic rings. The second kappa shape index (κ2) is 9.78. The fourth-order valence-electron chi connectivity index (χ4n) is 1.45. The number of para-hydroxylation sites is 1. The van der Waals surface area contributed by atoms with Crippen molar-refractivity contribution in [2.45, 2.75) is 12.8 Å². The number of benzene rings is 1. The summed E-state index contributed by atoms with van der Waals surface area (Å²) in [6, 6.07) is 5.93. The summed E-state index contributed by atoms with van der Waals surface area (Å²) in [6.45, 7) is 3.41. The van der Waals surface area contributed by atoms with Gasteiger partial charge in [-0.15, -0.1) is 0 Å². The zero-order chi connectivity index (χ0) is 13.2. The highest BCUT2D eigenvalue weighted by atomic mass is 79.9. The molecule has 0 aliphatic heterocycles. The molecule has 0 atom stereocenters. The van der Waals surface area contributed by atoms with E-state index in [1.54, 1.807) is 7.11 Å². The topological polar surface area (TPSA) is 30.5 Å². The van der Waals surface area contributed by atoms with Gasteiger partial charge in [0.15, 0.2) is 0 Å². The Morgan fingerprint density at radius 3 is 2.44 bits per heavy atom. The Kier molecular flexibility index (Phi) is 8.67. The van der Waals surface area contributed by atoms with E-state index in [0.29, 0.717) is 0 Å². The van der Waals surface area contributed by atoms with E-state index in [0.717, 1.165) is 53.8 Å². The minimum atomic E-state index is 0.729. The monoisotopic (exact) mass is 379 g/mol. The Morgan fingerprint density at radius 2 is 1.78 bits per heavy atom. The highest BCUT2D eigenvalue weighted by Crippen LogP contribution is 2.32. The van der Waals surface area contributed by atoms with Gasteiger partial charge in [-0.25, -0.2) is 0 Å². The average Bonchev–Trinajstić information content (AvgIpc) is 2.35. The second-order valence-corrected chi connectivity index (χ2v) is 5.56. The molecule has 0 spiro atoms. The van der Waals surface area contributed by atoms with Crippen LogP contribution in [0.5, 0.6) is 5.75 Å². The largest absolute Gasteiger partial charge is 0.491 e. The van der Waals surface area contributed by atoms with Crippen LogP contribution >= 0.6 is 31.9 Å². The lowest BCUT2D eigenvalue weighted by Crippen LogP contribution is -2.20. The first-order valence-electron chi connectivity index (χ1n) is 6.02. The molecule has 0 aromatic heterocycles. The summed E-state index contributed by atoms with van der Waals surface area (Å²) < 4.78 is 12.7. The normalized spacial score (nSPS) is 10.6. The molecule has 1 N–H and O–H groups in total. The van der Waals surface area contributed by atoms with E-state index >= 15 is 0 Å². The predicted octanol–water partition coefficient (Wildman–Crippen LogP) is 3.61. The lowest BCUT2D eigenvalue weighted by molar-refractivity contribution is 0.199. The molecular weight excluding hydrogens is 362 g/mol. The summed E-state index contributed by atoms with van der Waals surface area (Å²) in [4.78, 5) is 0. The van der Waals surface area contributed by atoms with Gasteiger partial charge in [-0.05, 0) is 63.4 Å². The summed E-state index contributed by atoms with van der Waals surface area (Å²) in [5.74, 6) is 0.879. The number of unbranched alkanes of at least 4 members (excludes halogenated alkanes) is 1. The van der Waals surface area contributed by atoms with Crippen LogP contribution in [0.15, 0.2) is 27.1 Å². The molecule has 0 fully saturated rings. The van der Waals surface area contributed by atoms with Crippen molar-refractivity contribution in [1.82, 2.24) is 5.32 Å². The molecule has 0 saturated heterocycles. The van der Waals surface area contributed by atoms with Gasteiger partial charge in [-0.2, -0.15) is 0 Å². The molecule has 0 bridgehead atoms. The quantitative estimate of drug-likeness (QED) is 0.664. The van der Waals surface area contributed by atoms with Crippen LogP contribution in [-0.4, -0.2) is 33.4 Å². The second-order valence-electron chi connectivity index (χ2n) is 3.85. The molecule has 5 heteroatoms. The van der Waals surface area contributed by atoms with Crippen molar-refractivity contribution in [3.63, 3.8) is 0 Å². The molecule has 18 heavy (non-hydrogen) atoms. The molecule has 3 nitrogen and oxygen atoms in total. The zero-order valence-electron chi connectivity index (χ0n) is 10.5. The number of methoxy groups -OCH3 is 1. The maximum Gasteiger partial charge on any atom is 0.147 e. The Morgan fingerprint density at radius 1 is 1.06 bits per heavy atom. The van der Waals surface area contributed by atoms with Crippen LogP contribution in [0, 0.1) is 0 Å². The third-order valence-electron chi connectivity index (χ3n) is 2.40. The minimum Gasteiger partial charge on any atom is -0.491 e. The average molecular weight is 381 g/mol. The van der Waals surface area contributed by atoms with Crippen molar-refractivity contribution in [3.05, 3.63) is 27.1 Å². The van der Waals surface area contributed by atoms with Gasteiger partial charge >= 0.3 is 0 Å². The van der Waals surface area contributed by atoms with E-state index in [1.165, 1.54) is 0 Å². The van der Waals surface area contributed by atoms with Crippen molar-refractivity contribution in [2.24, 2.45) is 0 Å². The first-order chi connectivity index (χ1) is 8.75. The lowest BCUT2D eigenvalue weighted by Gasteiger charge is -2.10. The van der Waals surface area contributed by atoms with E-state index in [2.05, 4.69) is 37.2 Å². The van der Waals surface area contributed by atoms with Gasteiger partial charge in [-0.3, -0.25) is 0 Å². The molecule has 0 amide bonds. The fourth-order valence-corrected chi connectivity index (χ4v) is 2.67. The molecule has 0 radical (unpaired) electrons. The Labute approximate surface area is 125 Å². The molecule has 1 aromatic carbocycles. The highest BCUT2D eigenvalue weighted by molar-refractivity contribution is 9.11. The maximum absolute atomic E-state index is 5.75. The molecular formula is C13H19Br2NO2. The van der Waals surface area contributed by atoms with Crippen LogP contribution in [0.1, 0.15) is 12.8 Å². The third-order valence-corrected chi connectivity index (χ3v) is 3.65. The molecule has 1 rings (SSSR count). The van der Waals surface area contributed by atoms with E-state index in [9.17, 15) is 0 Å². The van der Waals surface area contributed by atoms with E-state index < -0.39 is 0 Å². The molecule has 0 unspecified atom stereocenters. The van der Waals surface area contributed by atoms with Gasteiger partial charge < -0.3 is 14.8 Å². The van der Waals surface area contributed by atoms with Gasteiger partial charge in [0.25, 0.3) is 0 Å². The van der Waals surface area contributed by atoms with Gasteiger partial charge in [0, 0.05) is 13.7 Å². The summed E-state index contributed by atoms with van der Waals surface area (Å²) in [6.07, 6.45) is 2.14. The van der Waals surface area contributed by atoms with Crippen molar-refractivity contribution >= 4 is 31.9 Å². The van der Waals surface area contributed by atoms with Crippen LogP contribution in [0.3, 0.4) is 0 Å². The summed E-state index contributed by atoms with van der Waals surface area (Å²) in [5.41, 5.74) is 0. The molecule has 0 aliphatic rings. The van der Waals surface area contributed by atoms with Crippen LogP contribution < -0.4 is 10.1 Å². The Hall–Kier alpha value is -0.100. The van der Waals surface area contributed by atoms with Crippen LogP contribution in [-0.2, 0) is 4.74 Å². The van der Waals surface area contributed by atoms with E-state index in [-0.39, 0.29) is 0 Å². The molecule has 0 saturated carbocycles. The van der Waals surface area contributed by atoms with Crippen LogP contribution in [0.2, 0.25) is 0 Å². The number of ether oxygens (including phenoxy) is 2. The number of hydrogen-bond donors (Lipinski definition) is 1. The highest BCUT2D eigenvalue weighted by Gasteiger charge is 2.04. The third kappa shape index (κ3) is 6.18. The van der Waals surface area contributed by atoms with Crippen LogP contribution in [0.25, 0.3) is 0 Å². The van der Waals surface area contributed by atoms with E-state index in [4.69, 9.17) is 9.47 Å². The Balaban J connectivity index is 2.11. The number of nitrogens with one attached hydrogen (secondary N) is 1. The van der Waals surface area contributed by atoms with Crippen molar-refractivity contribution in [2.75, 3.05) is 33.4 Å². The van der Waals surface area contributed by atoms with Gasteiger partial charge in [-0.1, -0.05) is 6.07 Å². The van der Waals surface area contributed by atoms with Crippen molar-refractivity contribution in [3.8, 4) is 5.75 Å². The van der Waals surface area contributed by atoms with Gasteiger partial charge in [0.2, 0.25) is 0 Å². The van der Waals surface area contributed by atoms with Crippen molar-refractivity contribution < 1.29 is 9.47 Å². The molecule has 102 valence electrons. The summed E-state index contributed by atoms with van der Waals surface area (Å²) >= 11 is 6.95. The smallest absolute Gasteiger partial charge is 0.147 e. The Bertz CT molecular complexity index is 328. The number of hydrogen-bond acceptors (Lipinski definition) is 3. The maximum atomic E-state index is 5.75. The van der Waals surface area contributed by atoms with Gasteiger partial charge in [0.1, 0.15) is 5.75 Å². The predicted molar refractivity (Wildman–Crippen MR) is 81.3 cm³/mol. The minimum absolute atomic E-state index is 0.729. The molecule has 0 aliphatic carbocycles.